The van der Waals surface area contributed by atoms with Gasteiger partial charge in [-0.2, -0.15) is 0 Å². The van der Waals surface area contributed by atoms with Crippen LogP contribution in [0, 0.1) is 5.82 Å². The van der Waals surface area contributed by atoms with Gasteiger partial charge in [-0.25, -0.2) is 17.1 Å². The van der Waals surface area contributed by atoms with E-state index in [-0.39, 0.29) is 10.5 Å². The molecule has 0 heterocycles. The summed E-state index contributed by atoms with van der Waals surface area (Å²) in [6.45, 7) is 0. The quantitative estimate of drug-likeness (QED) is 0.667. The number of sulfonamides is 1. The van der Waals surface area contributed by atoms with Crippen LogP contribution in [0.1, 0.15) is 21.5 Å². The molecule has 0 saturated carbocycles. The van der Waals surface area contributed by atoms with Crippen LogP contribution < -0.4 is 5.32 Å². The number of halogens is 1. The minimum atomic E-state index is -3.78. The summed E-state index contributed by atoms with van der Waals surface area (Å²) in [5, 5.41) is 2.71. The van der Waals surface area contributed by atoms with Crippen molar-refractivity contribution in [2.45, 2.75) is 11.3 Å². The molecular weight excluding hydrogens is 391 g/mol. The first kappa shape index (κ1) is 20.7. The molecule has 0 saturated heterocycles. The summed E-state index contributed by atoms with van der Waals surface area (Å²) >= 11 is 0. The van der Waals surface area contributed by atoms with Crippen LogP contribution in [-0.2, 0) is 16.4 Å². The smallest absolute Gasteiger partial charge is 0.258 e. The predicted octanol–water partition coefficient (Wildman–Crippen LogP) is 3.92. The lowest BCUT2D eigenvalue weighted by Gasteiger charge is -2.14. The largest absolute Gasteiger partial charge is 0.322 e. The molecule has 150 valence electrons. The monoisotopic (exact) mass is 412 g/mol. The van der Waals surface area contributed by atoms with E-state index >= 15 is 0 Å². The van der Waals surface area contributed by atoms with Gasteiger partial charge in [0.25, 0.3) is 5.91 Å². The van der Waals surface area contributed by atoms with Gasteiger partial charge in [-0.15, -0.1) is 0 Å². The van der Waals surface area contributed by atoms with Gasteiger partial charge in [0.15, 0.2) is 0 Å². The number of carbonyl (C=O) groups excluding carboxylic acids is 1. The molecule has 0 aliphatic rings. The van der Waals surface area contributed by atoms with Gasteiger partial charge < -0.3 is 5.32 Å². The molecule has 0 bridgehead atoms. The number of benzene rings is 3. The number of hydrogen-bond acceptors (Lipinski definition) is 3. The van der Waals surface area contributed by atoms with Gasteiger partial charge in [-0.1, -0.05) is 48.5 Å². The molecule has 5 nitrogen and oxygen atoms in total. The summed E-state index contributed by atoms with van der Waals surface area (Å²) < 4.78 is 39.9. The van der Waals surface area contributed by atoms with Gasteiger partial charge in [-0.3, -0.25) is 4.79 Å². The number of amides is 1. The summed E-state index contributed by atoms with van der Waals surface area (Å²) in [6.07, 6.45) is 0.592. The van der Waals surface area contributed by atoms with Crippen LogP contribution in [0.5, 0.6) is 0 Å². The van der Waals surface area contributed by atoms with Crippen molar-refractivity contribution in [1.82, 2.24) is 4.31 Å². The Bertz CT molecular complexity index is 1130. The fourth-order valence-corrected chi connectivity index (χ4v) is 3.78. The van der Waals surface area contributed by atoms with Crippen LogP contribution in [0.15, 0.2) is 77.7 Å². The normalized spacial score (nSPS) is 11.4. The highest BCUT2D eigenvalue weighted by Gasteiger charge is 2.21. The zero-order valence-electron chi connectivity index (χ0n) is 16.1. The standard InChI is InChI=1S/C22H21FN2O3S/c1-25(2)29(27,28)18-12-13-20(23)19(15-18)22(26)24-21-11-7-6-10-17(21)14-16-8-4-3-5-9-16/h3-13,15H,14H2,1-2H3,(H,24,26). The van der Waals surface area contributed by atoms with Crippen molar-refractivity contribution in [2.24, 2.45) is 0 Å². The molecule has 1 amide bonds. The summed E-state index contributed by atoms with van der Waals surface area (Å²) in [7, 11) is -1.04. The van der Waals surface area contributed by atoms with Crippen molar-refractivity contribution >= 4 is 21.6 Å². The Hall–Kier alpha value is -3.03. The number of rotatable bonds is 6. The second kappa shape index (κ2) is 8.55. The summed E-state index contributed by atoms with van der Waals surface area (Å²) in [6, 6.07) is 20.2. The van der Waals surface area contributed by atoms with E-state index in [9.17, 15) is 17.6 Å². The molecule has 3 aromatic carbocycles. The summed E-state index contributed by atoms with van der Waals surface area (Å²) in [5.41, 5.74) is 2.15. The molecule has 0 fully saturated rings. The first-order valence-corrected chi connectivity index (χ1v) is 10.4. The van der Waals surface area contributed by atoms with E-state index in [2.05, 4.69) is 5.32 Å². The van der Waals surface area contributed by atoms with E-state index in [0.717, 1.165) is 33.6 Å². The molecule has 3 aromatic rings. The third-order valence-corrected chi connectivity index (χ3v) is 6.28. The van der Waals surface area contributed by atoms with E-state index in [1.807, 2.05) is 42.5 Å². The molecule has 0 atom stereocenters. The molecule has 7 heteroatoms. The number of nitrogens with one attached hydrogen (secondary N) is 1. The maximum Gasteiger partial charge on any atom is 0.258 e. The average Bonchev–Trinajstić information content (AvgIpc) is 2.70. The molecule has 0 aliphatic carbocycles. The predicted molar refractivity (Wildman–Crippen MR) is 111 cm³/mol. The van der Waals surface area contributed by atoms with E-state index < -0.39 is 21.7 Å². The second-order valence-electron chi connectivity index (χ2n) is 6.70. The van der Waals surface area contributed by atoms with Crippen LogP contribution in [0.4, 0.5) is 10.1 Å². The van der Waals surface area contributed by atoms with Gasteiger partial charge in [0, 0.05) is 19.8 Å². The lowest BCUT2D eigenvalue weighted by Crippen LogP contribution is -2.23. The Morgan fingerprint density at radius 1 is 0.966 bits per heavy atom. The van der Waals surface area contributed by atoms with Crippen molar-refractivity contribution < 1.29 is 17.6 Å². The fraction of sp³-hybridized carbons (Fsp3) is 0.136. The molecule has 0 aliphatic heterocycles. The molecule has 0 aromatic heterocycles. The topological polar surface area (TPSA) is 66.5 Å². The number of para-hydroxylation sites is 1. The Kier molecular flexibility index (Phi) is 6.10. The van der Waals surface area contributed by atoms with Crippen LogP contribution in [-0.4, -0.2) is 32.7 Å². The Labute approximate surface area is 169 Å². The molecule has 3 rings (SSSR count). The van der Waals surface area contributed by atoms with Gasteiger partial charge >= 0.3 is 0 Å². The molecule has 0 spiro atoms. The highest BCUT2D eigenvalue weighted by atomic mass is 32.2. The van der Waals surface area contributed by atoms with Crippen molar-refractivity contribution in [1.29, 1.82) is 0 Å². The van der Waals surface area contributed by atoms with Crippen LogP contribution in [0.2, 0.25) is 0 Å². The van der Waals surface area contributed by atoms with Crippen molar-refractivity contribution in [3.8, 4) is 0 Å². The van der Waals surface area contributed by atoms with Gasteiger partial charge in [0.2, 0.25) is 10.0 Å². The van der Waals surface area contributed by atoms with Gasteiger partial charge in [-0.05, 0) is 41.8 Å². The minimum absolute atomic E-state index is 0.147. The van der Waals surface area contributed by atoms with Crippen LogP contribution in [0.25, 0.3) is 0 Å². The number of hydrogen-bond donors (Lipinski definition) is 1. The van der Waals surface area contributed by atoms with Crippen molar-refractivity contribution in [3.63, 3.8) is 0 Å². The zero-order chi connectivity index (χ0) is 21.0. The molecule has 0 unspecified atom stereocenters. The fourth-order valence-electron chi connectivity index (χ4n) is 2.85. The van der Waals surface area contributed by atoms with Gasteiger partial charge in [0.1, 0.15) is 5.82 Å². The van der Waals surface area contributed by atoms with Crippen LogP contribution >= 0.6 is 0 Å². The first-order chi connectivity index (χ1) is 13.8. The minimum Gasteiger partial charge on any atom is -0.322 e. The summed E-state index contributed by atoms with van der Waals surface area (Å²) in [4.78, 5) is 12.6. The van der Waals surface area contributed by atoms with E-state index in [1.54, 1.807) is 12.1 Å². The zero-order valence-corrected chi connectivity index (χ0v) is 16.9. The molecule has 0 radical (unpaired) electrons. The Morgan fingerprint density at radius 3 is 2.31 bits per heavy atom. The molecular formula is C22H21FN2O3S. The van der Waals surface area contributed by atoms with E-state index in [1.165, 1.54) is 14.1 Å². The second-order valence-corrected chi connectivity index (χ2v) is 8.85. The number of anilines is 1. The highest BCUT2D eigenvalue weighted by molar-refractivity contribution is 7.89. The van der Waals surface area contributed by atoms with Crippen molar-refractivity contribution in [3.05, 3.63) is 95.3 Å². The third kappa shape index (κ3) is 4.70. The third-order valence-electron chi connectivity index (χ3n) is 4.46. The first-order valence-electron chi connectivity index (χ1n) is 8.94. The van der Waals surface area contributed by atoms with Gasteiger partial charge in [0.05, 0.1) is 10.5 Å². The number of nitrogens with zero attached hydrogens (tertiary/aromatic N) is 1. The summed E-state index contributed by atoms with van der Waals surface area (Å²) in [5.74, 6) is -1.50. The lowest BCUT2D eigenvalue weighted by atomic mass is 10.0. The molecule has 1 N–H and O–H groups in total. The SMILES string of the molecule is CN(C)S(=O)(=O)c1ccc(F)c(C(=O)Nc2ccccc2Cc2ccccc2)c1. The van der Waals surface area contributed by atoms with E-state index in [0.29, 0.717) is 12.1 Å². The Morgan fingerprint density at radius 2 is 1.62 bits per heavy atom. The maximum absolute atomic E-state index is 14.3. The van der Waals surface area contributed by atoms with Crippen LogP contribution in [0.3, 0.4) is 0 Å². The highest BCUT2D eigenvalue weighted by Crippen LogP contribution is 2.22. The Balaban J connectivity index is 1.90. The van der Waals surface area contributed by atoms with Crippen molar-refractivity contribution in [2.75, 3.05) is 19.4 Å². The lowest BCUT2D eigenvalue weighted by molar-refractivity contribution is 0.102. The average molecular weight is 412 g/mol. The number of carbonyl (C=O) groups is 1. The van der Waals surface area contributed by atoms with E-state index in [4.69, 9.17) is 0 Å². The molecule has 29 heavy (non-hydrogen) atoms. The maximum atomic E-state index is 14.3.